The molecule has 0 unspecified atom stereocenters. The molecule has 6 aromatic carbocycles. The minimum Gasteiger partial charge on any atom is -0.619 e. The van der Waals surface area contributed by atoms with E-state index in [-0.39, 0.29) is 0 Å². The molecule has 2 aliphatic rings. The van der Waals surface area contributed by atoms with Crippen LogP contribution in [0, 0.1) is 64.5 Å². The summed E-state index contributed by atoms with van der Waals surface area (Å²) >= 11 is 17.1. The first kappa shape index (κ1) is 71.1. The highest BCUT2D eigenvalue weighted by Gasteiger charge is 2.17. The van der Waals surface area contributed by atoms with Crippen LogP contribution in [-0.2, 0) is 0 Å². The van der Waals surface area contributed by atoms with Crippen LogP contribution in [0.4, 0.5) is 0 Å². The van der Waals surface area contributed by atoms with Crippen molar-refractivity contribution >= 4 is 144 Å². The number of aryl methyl sites for hydroxylation is 7. The highest BCUT2D eigenvalue weighted by Crippen LogP contribution is 2.30. The van der Waals surface area contributed by atoms with Crippen molar-refractivity contribution in [3.8, 4) is 11.1 Å². The smallest absolute Gasteiger partial charge is 0.180 e. The van der Waals surface area contributed by atoms with Crippen LogP contribution in [0.5, 0.6) is 0 Å². The summed E-state index contributed by atoms with van der Waals surface area (Å²) in [6, 6.07) is 53.6. The number of pyridine rings is 1. The van der Waals surface area contributed by atoms with Gasteiger partial charge in [-0.15, -0.1) is 34.0 Å². The predicted molar refractivity (Wildman–Crippen MR) is 419 cm³/mol. The zero-order valence-electron chi connectivity index (χ0n) is 57.6. The van der Waals surface area contributed by atoms with E-state index in [0.717, 1.165) is 103 Å². The Balaban J connectivity index is 0.000000124. The third kappa shape index (κ3) is 18.5. The number of amidine groups is 4. The van der Waals surface area contributed by atoms with Gasteiger partial charge in [-0.25, -0.2) is 9.97 Å². The average Bonchev–Trinajstić information content (AvgIpc) is 1.60. The van der Waals surface area contributed by atoms with Gasteiger partial charge in [-0.3, -0.25) is 20.8 Å². The predicted octanol–water partition coefficient (Wildman–Crippen LogP) is 18.6. The Kier molecular flexibility index (Phi) is 23.3. The quantitative estimate of drug-likeness (QED) is 0.0491. The molecule has 10 heterocycles. The number of rotatable bonds is 5. The maximum Gasteiger partial charge on any atom is 0.180 e. The van der Waals surface area contributed by atoms with E-state index in [2.05, 4.69) is 177 Å². The normalized spacial score (nSPS) is 12.3. The lowest BCUT2D eigenvalue weighted by atomic mass is 10.1. The van der Waals surface area contributed by atoms with Gasteiger partial charge in [-0.2, -0.15) is 4.73 Å². The lowest BCUT2D eigenvalue weighted by Gasteiger charge is -2.13. The number of nitrogens with zero attached hydrogens (tertiary/aromatic N) is 9. The van der Waals surface area contributed by atoms with Crippen molar-refractivity contribution in [1.82, 2.24) is 44.5 Å². The van der Waals surface area contributed by atoms with Crippen molar-refractivity contribution < 1.29 is 4.73 Å². The molecule has 0 radical (unpaired) electrons. The molecule has 0 bridgehead atoms. The maximum absolute atomic E-state index is 10.8. The summed E-state index contributed by atoms with van der Waals surface area (Å²) in [6.07, 6.45) is 6.39. The van der Waals surface area contributed by atoms with Gasteiger partial charge in [0, 0.05) is 196 Å². The molecule has 98 heavy (non-hydrogen) atoms. The standard InChI is InChI=1S/C13H15N3.C13H14N2S.C12H15N3.C12H14N2S.C10H9N3O.C9H8ClN.C9H7ClS/c1-9-7-11-8-10(3-4-12(11)15-9)13-14-5-6-16(13)2;1-9-7-11-8-10(3-4-12(11)16-9)13-14-5-6-15(13)2;1-8-6-10-7-9(12(13)15(2)3)4-5-11(10)14-8;1-8-6-10-7-9(12(13)14(2)3)4-5-11(10)15-8;1-8-11-6-10(7-12-8)9-2-4-13(14)5-3-9;2*1-6-4-7-5-8(10)2-3-9(7)11-6/h3-4,7-8,15H,5-6H2,1-2H3;3-4,7-8H,5-6H2,1-2H3;4-7,13-14H,1-3H3;4-7,13H,1-3H3;2-7H,1H3;2-5,11H,1H3;2-5H,1H3. The molecule has 16 rings (SSSR count). The van der Waals surface area contributed by atoms with Crippen molar-refractivity contribution in [3.05, 3.63) is 258 Å². The Morgan fingerprint density at radius 2 is 0.816 bits per heavy atom. The second kappa shape index (κ2) is 32.1. The van der Waals surface area contributed by atoms with Crippen molar-refractivity contribution in [2.24, 2.45) is 9.98 Å². The van der Waals surface area contributed by atoms with Gasteiger partial charge in [0.2, 0.25) is 0 Å². The molecule has 2 aliphatic heterocycles. The summed E-state index contributed by atoms with van der Waals surface area (Å²) in [7, 11) is 11.8. The van der Waals surface area contributed by atoms with Crippen molar-refractivity contribution in [3.63, 3.8) is 0 Å². The van der Waals surface area contributed by atoms with Gasteiger partial charge in [-0.1, -0.05) is 23.2 Å². The van der Waals surface area contributed by atoms with Crippen LogP contribution in [0.3, 0.4) is 0 Å². The molecular weight excluding hydrogens is 1320 g/mol. The fourth-order valence-corrected chi connectivity index (χ4v) is 14.3. The van der Waals surface area contributed by atoms with E-state index in [4.69, 9.17) is 34.0 Å². The van der Waals surface area contributed by atoms with E-state index in [0.29, 0.717) is 11.7 Å². The minimum atomic E-state index is 0.538. The first-order valence-corrected chi connectivity index (χ1v) is 35.2. The van der Waals surface area contributed by atoms with Crippen LogP contribution in [0.25, 0.3) is 74.1 Å². The van der Waals surface area contributed by atoms with Crippen molar-refractivity contribution in [1.29, 1.82) is 10.8 Å². The van der Waals surface area contributed by atoms with Gasteiger partial charge >= 0.3 is 0 Å². The second-order valence-electron chi connectivity index (χ2n) is 24.7. The third-order valence-electron chi connectivity index (χ3n) is 16.1. The number of aliphatic imine (C=N–C) groups is 2. The number of H-pyrrole nitrogens is 3. The van der Waals surface area contributed by atoms with Crippen LogP contribution in [-0.4, -0.2) is 136 Å². The van der Waals surface area contributed by atoms with Crippen LogP contribution in [0.1, 0.15) is 59.8 Å². The molecule has 20 heteroatoms. The highest BCUT2D eigenvalue weighted by molar-refractivity contribution is 7.19. The number of halogens is 2. The van der Waals surface area contributed by atoms with E-state index in [9.17, 15) is 5.21 Å². The molecule has 5 N–H and O–H groups in total. The largest absolute Gasteiger partial charge is 0.619 e. The molecule has 8 aromatic heterocycles. The number of likely N-dealkylation sites (N-methyl/N-ethyl adjacent to an activating group) is 2. The van der Waals surface area contributed by atoms with Crippen molar-refractivity contribution in [2.75, 3.05) is 68.5 Å². The summed E-state index contributed by atoms with van der Waals surface area (Å²) in [5.41, 5.74) is 13.2. The number of thiophene rings is 3. The number of benzene rings is 6. The van der Waals surface area contributed by atoms with Gasteiger partial charge in [0.15, 0.2) is 12.4 Å². The van der Waals surface area contributed by atoms with Crippen LogP contribution in [0.2, 0.25) is 10.0 Å². The first-order chi connectivity index (χ1) is 46.9. The molecule has 14 aromatic rings. The third-order valence-corrected chi connectivity index (χ3v) is 19.7. The lowest BCUT2D eigenvalue weighted by Crippen LogP contribution is -2.23. The summed E-state index contributed by atoms with van der Waals surface area (Å²) in [5.74, 6) is 4.08. The van der Waals surface area contributed by atoms with Gasteiger partial charge in [-0.05, 0) is 216 Å². The van der Waals surface area contributed by atoms with E-state index >= 15 is 0 Å². The average molecular weight is 1400 g/mol. The Morgan fingerprint density at radius 3 is 1.30 bits per heavy atom. The van der Waals surface area contributed by atoms with E-state index in [1.807, 2.05) is 120 Å². The van der Waals surface area contributed by atoms with Gasteiger partial charge in [0.25, 0.3) is 0 Å². The highest BCUT2D eigenvalue weighted by atomic mass is 35.5. The minimum absolute atomic E-state index is 0.538. The van der Waals surface area contributed by atoms with Gasteiger partial charge < -0.3 is 39.8 Å². The Labute approximate surface area is 595 Å². The van der Waals surface area contributed by atoms with Gasteiger partial charge in [0.1, 0.15) is 29.2 Å². The lowest BCUT2D eigenvalue weighted by molar-refractivity contribution is -0.605. The topological polar surface area (TPSA) is 185 Å². The molecule has 502 valence electrons. The molecular formula is C78H82Cl2N14OS3. The SMILES string of the molecule is Cc1cc2cc(C(=N)N(C)C)ccc2[nH]1.Cc1cc2cc(C(=N)N(C)C)ccc2s1.Cc1cc2cc(C3=NCCN3C)ccc2[nH]1.Cc1cc2cc(C3=NCCN3C)ccc2s1.Cc1cc2cc(Cl)ccc2[nH]1.Cc1cc2cc(Cl)ccc2s1.Cc1ncc(-c2cc[n+]([O-])cc2)cn1. The van der Waals surface area contributed by atoms with Crippen LogP contribution >= 0.6 is 57.2 Å². The molecule has 0 amide bonds. The van der Waals surface area contributed by atoms with Crippen LogP contribution < -0.4 is 4.73 Å². The monoisotopic (exact) mass is 1400 g/mol. The fourth-order valence-electron chi connectivity index (χ4n) is 11.2. The van der Waals surface area contributed by atoms with E-state index in [1.54, 1.807) is 52.1 Å². The summed E-state index contributed by atoms with van der Waals surface area (Å²) in [6.45, 7) is 18.3. The second-order valence-corrected chi connectivity index (χ2v) is 29.4. The van der Waals surface area contributed by atoms with E-state index in [1.165, 1.54) is 96.1 Å². The molecule has 0 saturated carbocycles. The summed E-state index contributed by atoms with van der Waals surface area (Å²) < 4.78 is 4.72. The molecule has 0 fully saturated rings. The Bertz CT molecular complexity index is 4850. The van der Waals surface area contributed by atoms with Crippen molar-refractivity contribution in [2.45, 2.75) is 48.5 Å². The number of aromatic amines is 3. The molecule has 0 aliphatic carbocycles. The Morgan fingerprint density at radius 1 is 0.449 bits per heavy atom. The zero-order valence-corrected chi connectivity index (χ0v) is 61.5. The summed E-state index contributed by atoms with van der Waals surface area (Å²) in [5, 5.41) is 35.6. The fraction of sp³-hybridized carbons (Fsp3) is 0.218. The number of aromatic nitrogens is 6. The first-order valence-electron chi connectivity index (χ1n) is 32.0. The summed E-state index contributed by atoms with van der Waals surface area (Å²) in [4.78, 5) is 39.2. The molecule has 0 saturated heterocycles. The molecule has 0 atom stereocenters. The number of fused-ring (bicyclic) bond motifs is 6. The van der Waals surface area contributed by atoms with Gasteiger partial charge in [0.05, 0.1) is 13.1 Å². The molecule has 15 nitrogen and oxygen atoms in total. The zero-order chi connectivity index (χ0) is 69.9. The maximum atomic E-state index is 10.8. The van der Waals surface area contributed by atoms with Crippen LogP contribution in [0.15, 0.2) is 192 Å². The number of hydrogen-bond donors (Lipinski definition) is 5. The number of nitrogens with one attached hydrogen (secondary N) is 5. The molecule has 0 spiro atoms. The Hall–Kier alpha value is -9.69. The number of hydrogen-bond acceptors (Lipinski definition) is 12. The van der Waals surface area contributed by atoms with E-state index < -0.39 is 0 Å².